The molecule has 1 saturated heterocycles. The Kier molecular flexibility index (Phi) is 4.09. The summed E-state index contributed by atoms with van der Waals surface area (Å²) in [6.45, 7) is 0. The maximum Gasteiger partial charge on any atom is 0.248 e. The number of benzene rings is 1. The lowest BCUT2D eigenvalue weighted by Gasteiger charge is -2.37. The largest absolute Gasteiger partial charge is 0.382 e. The van der Waals surface area contributed by atoms with E-state index < -0.39 is 0 Å². The average Bonchev–Trinajstić information content (AvgIpc) is 2.61. The molecule has 5 rings (SSSR count). The molecule has 2 bridgehead atoms. The Morgan fingerprint density at radius 1 is 1.36 bits per heavy atom. The van der Waals surface area contributed by atoms with Gasteiger partial charge in [0.15, 0.2) is 0 Å². The van der Waals surface area contributed by atoms with Crippen molar-refractivity contribution in [2.45, 2.75) is 37.8 Å². The zero-order valence-electron chi connectivity index (χ0n) is 13.9. The lowest BCUT2D eigenvalue weighted by atomic mass is 9.88. The molecule has 4 N–H and O–H groups in total. The van der Waals surface area contributed by atoms with Gasteiger partial charge in [-0.2, -0.15) is 5.10 Å². The molecule has 1 aliphatic carbocycles. The van der Waals surface area contributed by atoms with Gasteiger partial charge in [0.1, 0.15) is 0 Å². The molecule has 3 heterocycles. The van der Waals surface area contributed by atoms with Crippen LogP contribution in [0.25, 0.3) is 10.9 Å². The van der Waals surface area contributed by atoms with Crippen LogP contribution in [0.5, 0.6) is 0 Å². The van der Waals surface area contributed by atoms with Gasteiger partial charge < -0.3 is 16.1 Å². The molecular formula is C19H21N5O. The van der Waals surface area contributed by atoms with Crippen molar-refractivity contribution >= 4 is 22.8 Å². The molecule has 0 amide bonds. The van der Waals surface area contributed by atoms with Crippen molar-refractivity contribution < 1.29 is 0 Å². The zero-order chi connectivity index (χ0) is 17.2. The van der Waals surface area contributed by atoms with Crippen molar-refractivity contribution in [3.63, 3.8) is 0 Å². The SMILES string of the molecule is NN=C(C=NC1CC2=CC(C1)N2)CCc1cc(=O)[nH]c2ccccc12. The van der Waals surface area contributed by atoms with Crippen molar-refractivity contribution in [1.82, 2.24) is 10.3 Å². The van der Waals surface area contributed by atoms with Crippen LogP contribution in [0.1, 0.15) is 24.8 Å². The summed E-state index contributed by atoms with van der Waals surface area (Å²) in [6, 6.07) is 10.3. The number of rotatable bonds is 5. The predicted octanol–water partition coefficient (Wildman–Crippen LogP) is 1.86. The van der Waals surface area contributed by atoms with E-state index in [0.717, 1.165) is 35.0 Å². The number of piperidine rings is 1. The molecule has 1 aromatic heterocycles. The number of aryl methyl sites for hydroxylation is 1. The molecular weight excluding hydrogens is 314 g/mol. The van der Waals surface area contributed by atoms with E-state index in [1.807, 2.05) is 24.3 Å². The van der Waals surface area contributed by atoms with Crippen LogP contribution in [0.3, 0.4) is 0 Å². The van der Waals surface area contributed by atoms with Gasteiger partial charge in [-0.3, -0.25) is 9.79 Å². The second kappa shape index (κ2) is 6.55. The van der Waals surface area contributed by atoms with Crippen LogP contribution in [0.15, 0.2) is 57.0 Å². The Balaban J connectivity index is 1.45. The topological polar surface area (TPSA) is 95.6 Å². The molecule has 2 aromatic rings. The third-order valence-electron chi connectivity index (χ3n) is 4.84. The first kappa shape index (κ1) is 15.6. The molecule has 25 heavy (non-hydrogen) atoms. The van der Waals surface area contributed by atoms with E-state index in [1.54, 1.807) is 12.3 Å². The first-order valence-electron chi connectivity index (χ1n) is 8.59. The Morgan fingerprint density at radius 3 is 2.96 bits per heavy atom. The normalized spacial score (nSPS) is 22.6. The molecule has 128 valence electrons. The van der Waals surface area contributed by atoms with Gasteiger partial charge in [-0.1, -0.05) is 18.2 Å². The summed E-state index contributed by atoms with van der Waals surface area (Å²) in [7, 11) is 0. The monoisotopic (exact) mass is 335 g/mol. The number of hydrogen-bond acceptors (Lipinski definition) is 5. The molecule has 2 unspecified atom stereocenters. The minimum absolute atomic E-state index is 0.0872. The van der Waals surface area contributed by atoms with Crippen molar-refractivity contribution in [2.24, 2.45) is 15.9 Å². The zero-order valence-corrected chi connectivity index (χ0v) is 13.9. The number of hydrogen-bond donors (Lipinski definition) is 3. The fourth-order valence-electron chi connectivity index (χ4n) is 3.57. The van der Waals surface area contributed by atoms with Gasteiger partial charge in [0.05, 0.1) is 11.8 Å². The van der Waals surface area contributed by atoms with E-state index in [9.17, 15) is 4.79 Å². The number of hydrazone groups is 1. The lowest BCUT2D eigenvalue weighted by molar-refractivity contribution is 0.408. The second-order valence-corrected chi connectivity index (χ2v) is 6.64. The van der Waals surface area contributed by atoms with E-state index in [4.69, 9.17) is 5.84 Å². The van der Waals surface area contributed by atoms with Crippen LogP contribution in [-0.4, -0.2) is 29.0 Å². The summed E-state index contributed by atoms with van der Waals surface area (Å²) in [5, 5.41) is 8.31. The van der Waals surface area contributed by atoms with Crippen LogP contribution in [0.4, 0.5) is 0 Å². The summed E-state index contributed by atoms with van der Waals surface area (Å²) in [5.74, 6) is 5.54. The van der Waals surface area contributed by atoms with Crippen LogP contribution in [0.2, 0.25) is 0 Å². The maximum absolute atomic E-state index is 11.8. The summed E-state index contributed by atoms with van der Waals surface area (Å²) >= 11 is 0. The van der Waals surface area contributed by atoms with Crippen LogP contribution < -0.4 is 16.7 Å². The van der Waals surface area contributed by atoms with Crippen LogP contribution in [-0.2, 0) is 6.42 Å². The van der Waals surface area contributed by atoms with E-state index in [2.05, 4.69) is 26.5 Å². The van der Waals surface area contributed by atoms with E-state index in [1.165, 1.54) is 5.70 Å². The van der Waals surface area contributed by atoms with Crippen LogP contribution >= 0.6 is 0 Å². The van der Waals surface area contributed by atoms with Gasteiger partial charge in [0.25, 0.3) is 0 Å². The fraction of sp³-hybridized carbons (Fsp3) is 0.316. The number of pyridine rings is 1. The minimum atomic E-state index is -0.0872. The first-order chi connectivity index (χ1) is 12.2. The van der Waals surface area contributed by atoms with Gasteiger partial charge in [-0.15, -0.1) is 0 Å². The molecule has 1 aromatic carbocycles. The predicted molar refractivity (Wildman–Crippen MR) is 101 cm³/mol. The highest BCUT2D eigenvalue weighted by Crippen LogP contribution is 2.27. The molecule has 1 fully saturated rings. The number of nitrogens with two attached hydrogens (primary N) is 1. The lowest BCUT2D eigenvalue weighted by Crippen LogP contribution is -2.45. The number of aromatic amines is 1. The fourth-order valence-corrected chi connectivity index (χ4v) is 3.57. The molecule has 2 aliphatic heterocycles. The molecule has 0 spiro atoms. The molecule has 3 aliphatic rings. The second-order valence-electron chi connectivity index (χ2n) is 6.64. The summed E-state index contributed by atoms with van der Waals surface area (Å²) in [6.07, 6.45) is 7.41. The minimum Gasteiger partial charge on any atom is -0.382 e. The van der Waals surface area contributed by atoms with Crippen molar-refractivity contribution in [3.8, 4) is 0 Å². The van der Waals surface area contributed by atoms with E-state index in [-0.39, 0.29) is 5.56 Å². The summed E-state index contributed by atoms with van der Waals surface area (Å²) in [5.41, 5.74) is 3.82. The quantitative estimate of drug-likeness (QED) is 0.442. The van der Waals surface area contributed by atoms with Crippen molar-refractivity contribution in [1.29, 1.82) is 0 Å². The van der Waals surface area contributed by atoms with Gasteiger partial charge >= 0.3 is 0 Å². The number of aliphatic imine (C=N–C) groups is 1. The van der Waals surface area contributed by atoms with Crippen molar-refractivity contribution in [3.05, 3.63) is 58.0 Å². The smallest absolute Gasteiger partial charge is 0.248 e. The van der Waals surface area contributed by atoms with Gasteiger partial charge in [0, 0.05) is 41.3 Å². The number of aromatic nitrogens is 1. The number of para-hydroxylation sites is 1. The Hall–Kier alpha value is -2.89. The molecule has 2 atom stereocenters. The molecule has 0 saturated carbocycles. The van der Waals surface area contributed by atoms with Gasteiger partial charge in [0.2, 0.25) is 5.56 Å². The number of nitrogens with zero attached hydrogens (tertiary/aromatic N) is 2. The molecule has 6 heteroatoms. The van der Waals surface area contributed by atoms with Crippen molar-refractivity contribution in [2.75, 3.05) is 0 Å². The van der Waals surface area contributed by atoms with Gasteiger partial charge in [-0.05, 0) is 37.0 Å². The summed E-state index contributed by atoms with van der Waals surface area (Å²) in [4.78, 5) is 19.3. The highest BCUT2D eigenvalue weighted by Gasteiger charge is 2.29. The molecule has 6 nitrogen and oxygen atoms in total. The molecule has 0 radical (unpaired) electrons. The number of H-pyrrole nitrogens is 1. The van der Waals surface area contributed by atoms with E-state index in [0.29, 0.717) is 24.9 Å². The number of fused-ring (bicyclic) bond motifs is 3. The highest BCUT2D eigenvalue weighted by molar-refractivity contribution is 6.30. The maximum atomic E-state index is 11.8. The standard InChI is InChI=1S/C19H21N5O/c20-24-13(11-21-14-8-15-10-16(9-14)22-15)6-5-12-7-19(25)23-18-4-2-1-3-17(12)18/h1-4,7,10-11,14-15,22H,5-6,8-9,20H2,(H,23,25). The summed E-state index contributed by atoms with van der Waals surface area (Å²) < 4.78 is 0. The Labute approximate surface area is 145 Å². The first-order valence-corrected chi connectivity index (χ1v) is 8.59. The van der Waals surface area contributed by atoms with E-state index >= 15 is 0 Å². The highest BCUT2D eigenvalue weighted by atomic mass is 16.1. The third-order valence-corrected chi connectivity index (χ3v) is 4.84. The Morgan fingerprint density at radius 2 is 2.20 bits per heavy atom. The average molecular weight is 335 g/mol. The van der Waals surface area contributed by atoms with Crippen LogP contribution in [0, 0.1) is 0 Å². The number of nitrogens with one attached hydrogen (secondary N) is 2. The third kappa shape index (κ3) is 3.33. The van der Waals surface area contributed by atoms with Gasteiger partial charge in [-0.25, -0.2) is 0 Å². The Bertz CT molecular complexity index is 940.